The molecule has 0 aliphatic rings. The summed E-state index contributed by atoms with van der Waals surface area (Å²) in [6, 6.07) is 21.2. The van der Waals surface area contributed by atoms with E-state index in [2.05, 4.69) is 29.6 Å². The number of carbonyl (C=O) groups is 1. The second kappa shape index (κ2) is 6.20. The molecule has 0 aliphatic carbocycles. The minimum Gasteiger partial charge on any atom is -0.345 e. The van der Waals surface area contributed by atoms with Gasteiger partial charge in [-0.25, -0.2) is 0 Å². The lowest BCUT2D eigenvalue weighted by molar-refractivity contribution is 0.0940. The maximum absolute atomic E-state index is 12.3. The lowest BCUT2D eigenvalue weighted by Crippen LogP contribution is -2.26. The van der Waals surface area contributed by atoms with Gasteiger partial charge in [0, 0.05) is 10.6 Å². The molecular weight excluding hydrogens is 294 g/mol. The van der Waals surface area contributed by atoms with Crippen LogP contribution >= 0.6 is 11.6 Å². The standard InChI is InChI=1S/C19H16ClNO/c1-13(21-19(22)15-9-11-16(20)12-10-15)17-8-4-6-14-5-2-3-7-18(14)17/h2-13H,1H3,(H,21,22)/t13-/m1/s1. The fourth-order valence-electron chi connectivity index (χ4n) is 2.59. The molecule has 3 rings (SSSR count). The van der Waals surface area contributed by atoms with Crippen molar-refractivity contribution in [2.75, 3.05) is 0 Å². The van der Waals surface area contributed by atoms with Crippen molar-refractivity contribution in [3.8, 4) is 0 Å². The molecule has 0 saturated carbocycles. The van der Waals surface area contributed by atoms with Crippen molar-refractivity contribution in [1.82, 2.24) is 5.32 Å². The number of nitrogens with one attached hydrogen (secondary N) is 1. The Morgan fingerprint density at radius 2 is 1.64 bits per heavy atom. The highest BCUT2D eigenvalue weighted by molar-refractivity contribution is 6.30. The van der Waals surface area contributed by atoms with Crippen LogP contribution in [0, 0.1) is 0 Å². The largest absolute Gasteiger partial charge is 0.345 e. The number of benzene rings is 3. The zero-order valence-corrected chi connectivity index (χ0v) is 13.0. The lowest BCUT2D eigenvalue weighted by atomic mass is 9.99. The summed E-state index contributed by atoms with van der Waals surface area (Å²) >= 11 is 5.85. The molecule has 0 aromatic heterocycles. The summed E-state index contributed by atoms with van der Waals surface area (Å²) in [7, 11) is 0. The minimum absolute atomic E-state index is 0.0747. The molecule has 1 atom stereocenters. The van der Waals surface area contributed by atoms with E-state index in [1.807, 2.05) is 25.1 Å². The number of rotatable bonds is 3. The summed E-state index contributed by atoms with van der Waals surface area (Å²) < 4.78 is 0. The number of amides is 1. The molecule has 2 nitrogen and oxygen atoms in total. The zero-order chi connectivity index (χ0) is 15.5. The van der Waals surface area contributed by atoms with Crippen molar-refractivity contribution in [3.63, 3.8) is 0 Å². The molecule has 0 radical (unpaired) electrons. The highest BCUT2D eigenvalue weighted by Gasteiger charge is 2.13. The van der Waals surface area contributed by atoms with Crippen LogP contribution in [0.5, 0.6) is 0 Å². The molecule has 0 saturated heterocycles. The lowest BCUT2D eigenvalue weighted by Gasteiger charge is -2.16. The van der Waals surface area contributed by atoms with Gasteiger partial charge in [-0.15, -0.1) is 0 Å². The van der Waals surface area contributed by atoms with E-state index >= 15 is 0 Å². The fraction of sp³-hybridized carbons (Fsp3) is 0.105. The van der Waals surface area contributed by atoms with Gasteiger partial charge in [-0.3, -0.25) is 4.79 Å². The van der Waals surface area contributed by atoms with Gasteiger partial charge < -0.3 is 5.32 Å². The van der Waals surface area contributed by atoms with E-state index in [4.69, 9.17) is 11.6 Å². The SMILES string of the molecule is C[C@@H](NC(=O)c1ccc(Cl)cc1)c1cccc2ccccc12. The Morgan fingerprint density at radius 1 is 0.955 bits per heavy atom. The maximum atomic E-state index is 12.3. The average Bonchev–Trinajstić information content (AvgIpc) is 2.54. The van der Waals surface area contributed by atoms with E-state index < -0.39 is 0 Å². The molecule has 1 N–H and O–H groups in total. The van der Waals surface area contributed by atoms with E-state index in [9.17, 15) is 4.79 Å². The Hall–Kier alpha value is -2.32. The third-order valence-corrected chi connectivity index (χ3v) is 4.00. The fourth-order valence-corrected chi connectivity index (χ4v) is 2.71. The summed E-state index contributed by atoms with van der Waals surface area (Å²) in [5, 5.41) is 6.00. The van der Waals surface area contributed by atoms with Crippen molar-refractivity contribution in [2.24, 2.45) is 0 Å². The van der Waals surface area contributed by atoms with Crippen molar-refractivity contribution in [2.45, 2.75) is 13.0 Å². The Balaban J connectivity index is 1.85. The third kappa shape index (κ3) is 2.97. The van der Waals surface area contributed by atoms with Crippen LogP contribution < -0.4 is 5.32 Å². The number of fused-ring (bicyclic) bond motifs is 1. The average molecular weight is 310 g/mol. The van der Waals surface area contributed by atoms with Crippen molar-refractivity contribution in [3.05, 3.63) is 82.9 Å². The quantitative estimate of drug-likeness (QED) is 0.726. The number of hydrogen-bond acceptors (Lipinski definition) is 1. The molecule has 3 aromatic carbocycles. The zero-order valence-electron chi connectivity index (χ0n) is 12.2. The monoisotopic (exact) mass is 309 g/mol. The van der Waals surface area contributed by atoms with Gasteiger partial charge in [0.05, 0.1) is 6.04 Å². The number of halogens is 1. The van der Waals surface area contributed by atoms with Crippen molar-refractivity contribution >= 4 is 28.3 Å². The number of hydrogen-bond donors (Lipinski definition) is 1. The molecule has 0 aliphatic heterocycles. The molecule has 22 heavy (non-hydrogen) atoms. The van der Waals surface area contributed by atoms with E-state index in [0.717, 1.165) is 10.9 Å². The van der Waals surface area contributed by atoms with Crippen LogP contribution in [0.25, 0.3) is 10.8 Å². The van der Waals surface area contributed by atoms with Gasteiger partial charge in [0.25, 0.3) is 5.91 Å². The van der Waals surface area contributed by atoms with Crippen LogP contribution in [0.2, 0.25) is 5.02 Å². The van der Waals surface area contributed by atoms with Crippen molar-refractivity contribution in [1.29, 1.82) is 0 Å². The Kier molecular flexibility index (Phi) is 4.12. The van der Waals surface area contributed by atoms with Gasteiger partial charge in [-0.05, 0) is 47.5 Å². The van der Waals surface area contributed by atoms with E-state index in [0.29, 0.717) is 10.6 Å². The van der Waals surface area contributed by atoms with Gasteiger partial charge in [0.15, 0.2) is 0 Å². The van der Waals surface area contributed by atoms with Crippen LogP contribution in [-0.2, 0) is 0 Å². The highest BCUT2D eigenvalue weighted by Crippen LogP contribution is 2.24. The van der Waals surface area contributed by atoms with Gasteiger partial charge in [-0.2, -0.15) is 0 Å². The minimum atomic E-state index is -0.0999. The highest BCUT2D eigenvalue weighted by atomic mass is 35.5. The first-order valence-electron chi connectivity index (χ1n) is 7.19. The predicted molar refractivity (Wildman–Crippen MR) is 91.3 cm³/mol. The van der Waals surface area contributed by atoms with E-state index in [1.165, 1.54) is 5.39 Å². The van der Waals surface area contributed by atoms with Gasteiger partial charge in [0.1, 0.15) is 0 Å². The van der Waals surface area contributed by atoms with Crippen LogP contribution in [-0.4, -0.2) is 5.91 Å². The molecule has 0 fully saturated rings. The Morgan fingerprint density at radius 3 is 2.41 bits per heavy atom. The smallest absolute Gasteiger partial charge is 0.251 e. The molecule has 3 aromatic rings. The Bertz CT molecular complexity index is 806. The van der Waals surface area contributed by atoms with E-state index in [1.54, 1.807) is 24.3 Å². The second-order valence-corrected chi connectivity index (χ2v) is 5.71. The molecule has 0 heterocycles. The van der Waals surface area contributed by atoms with Gasteiger partial charge in [-0.1, -0.05) is 54.1 Å². The summed E-state index contributed by atoms with van der Waals surface area (Å²) in [4.78, 5) is 12.3. The van der Waals surface area contributed by atoms with E-state index in [-0.39, 0.29) is 11.9 Å². The molecule has 0 spiro atoms. The van der Waals surface area contributed by atoms with Crippen molar-refractivity contribution < 1.29 is 4.79 Å². The first-order valence-corrected chi connectivity index (χ1v) is 7.57. The molecule has 0 bridgehead atoms. The number of carbonyl (C=O) groups excluding carboxylic acids is 1. The van der Waals surface area contributed by atoms with Crippen LogP contribution in [0.3, 0.4) is 0 Å². The van der Waals surface area contributed by atoms with Gasteiger partial charge >= 0.3 is 0 Å². The maximum Gasteiger partial charge on any atom is 0.251 e. The molecule has 1 amide bonds. The summed E-state index contributed by atoms with van der Waals surface area (Å²) in [5.41, 5.74) is 1.72. The first kappa shape index (κ1) is 14.6. The normalized spacial score (nSPS) is 12.1. The predicted octanol–water partition coefficient (Wildman–Crippen LogP) is 4.98. The topological polar surface area (TPSA) is 29.1 Å². The van der Waals surface area contributed by atoms with Crippen LogP contribution in [0.4, 0.5) is 0 Å². The first-order chi connectivity index (χ1) is 10.6. The molecular formula is C19H16ClNO. The molecule has 3 heteroatoms. The Labute approximate surface area is 134 Å². The van der Waals surface area contributed by atoms with Crippen LogP contribution in [0.1, 0.15) is 28.9 Å². The summed E-state index contributed by atoms with van der Waals surface area (Å²) in [6.45, 7) is 2.00. The van der Waals surface area contributed by atoms with Gasteiger partial charge in [0.2, 0.25) is 0 Å². The summed E-state index contributed by atoms with van der Waals surface area (Å²) in [6.07, 6.45) is 0. The second-order valence-electron chi connectivity index (χ2n) is 5.27. The summed E-state index contributed by atoms with van der Waals surface area (Å²) in [5.74, 6) is -0.0999. The molecule has 110 valence electrons. The third-order valence-electron chi connectivity index (χ3n) is 3.74. The molecule has 0 unspecified atom stereocenters. The van der Waals surface area contributed by atoms with Crippen LogP contribution in [0.15, 0.2) is 66.7 Å².